The molecule has 0 atom stereocenters. The molecule has 0 amide bonds. The highest BCUT2D eigenvalue weighted by molar-refractivity contribution is 6.31. The molecule has 0 spiro atoms. The van der Waals surface area contributed by atoms with Crippen LogP contribution in [0.5, 0.6) is 17.4 Å². The third-order valence-electron chi connectivity index (χ3n) is 1.82. The molecule has 0 radical (unpaired) electrons. The van der Waals surface area contributed by atoms with Crippen LogP contribution in [-0.4, -0.2) is 15.1 Å². The van der Waals surface area contributed by atoms with E-state index in [-0.39, 0.29) is 16.7 Å². The minimum atomic E-state index is -0.467. The zero-order chi connectivity index (χ0) is 11.5. The highest BCUT2D eigenvalue weighted by Gasteiger charge is 2.07. The summed E-state index contributed by atoms with van der Waals surface area (Å²) >= 11 is 5.69. The van der Waals surface area contributed by atoms with Crippen molar-refractivity contribution in [3.8, 4) is 17.4 Å². The van der Waals surface area contributed by atoms with Crippen LogP contribution < -0.4 is 10.3 Å². The van der Waals surface area contributed by atoms with E-state index in [0.29, 0.717) is 5.75 Å². The van der Waals surface area contributed by atoms with E-state index < -0.39 is 5.56 Å². The van der Waals surface area contributed by atoms with Crippen LogP contribution >= 0.6 is 11.6 Å². The molecular weight excluding hydrogens is 232 g/mol. The quantitative estimate of drug-likeness (QED) is 0.838. The first-order chi connectivity index (χ1) is 7.66. The third kappa shape index (κ3) is 2.14. The summed E-state index contributed by atoms with van der Waals surface area (Å²) in [5.41, 5.74) is -0.467. The Balaban J connectivity index is 2.30. The van der Waals surface area contributed by atoms with Gasteiger partial charge in [0.2, 0.25) is 5.88 Å². The van der Waals surface area contributed by atoms with Gasteiger partial charge in [-0.15, -0.1) is 0 Å². The van der Waals surface area contributed by atoms with Crippen molar-refractivity contribution in [2.75, 3.05) is 0 Å². The molecular formula is C10H7ClN2O3. The van der Waals surface area contributed by atoms with Crippen LogP contribution in [0.25, 0.3) is 0 Å². The Bertz CT molecular complexity index is 551. The van der Waals surface area contributed by atoms with E-state index in [2.05, 4.69) is 9.97 Å². The molecule has 82 valence electrons. The number of nitrogens with one attached hydrogen (secondary N) is 1. The Kier molecular flexibility index (Phi) is 2.78. The number of phenolic OH excluding ortho intramolecular Hbond substituents is 1. The van der Waals surface area contributed by atoms with Crippen molar-refractivity contribution < 1.29 is 9.84 Å². The molecule has 6 heteroatoms. The van der Waals surface area contributed by atoms with Gasteiger partial charge in [-0.25, -0.2) is 4.98 Å². The van der Waals surface area contributed by atoms with Crippen LogP contribution in [0, 0.1) is 0 Å². The summed E-state index contributed by atoms with van der Waals surface area (Å²) in [7, 11) is 0. The second kappa shape index (κ2) is 4.24. The van der Waals surface area contributed by atoms with E-state index in [4.69, 9.17) is 21.4 Å². The van der Waals surface area contributed by atoms with Gasteiger partial charge in [0.25, 0.3) is 5.56 Å². The minimum Gasteiger partial charge on any atom is -0.508 e. The van der Waals surface area contributed by atoms with Gasteiger partial charge in [-0.05, 0) is 24.3 Å². The van der Waals surface area contributed by atoms with Gasteiger partial charge >= 0.3 is 0 Å². The van der Waals surface area contributed by atoms with Gasteiger partial charge in [-0.2, -0.15) is 0 Å². The smallest absolute Gasteiger partial charge is 0.273 e. The largest absolute Gasteiger partial charge is 0.508 e. The first kappa shape index (κ1) is 10.5. The maximum atomic E-state index is 11.1. The van der Waals surface area contributed by atoms with Gasteiger partial charge < -0.3 is 14.8 Å². The normalized spacial score (nSPS) is 10.1. The first-order valence-electron chi connectivity index (χ1n) is 4.37. The van der Waals surface area contributed by atoms with Crippen molar-refractivity contribution in [1.82, 2.24) is 9.97 Å². The molecule has 5 nitrogen and oxygen atoms in total. The molecule has 2 rings (SSSR count). The summed E-state index contributed by atoms with van der Waals surface area (Å²) in [6.45, 7) is 0. The molecule has 1 heterocycles. The highest BCUT2D eigenvalue weighted by atomic mass is 35.5. The summed E-state index contributed by atoms with van der Waals surface area (Å²) in [5, 5.41) is 8.95. The average Bonchev–Trinajstić information content (AvgIpc) is 2.28. The van der Waals surface area contributed by atoms with Crippen LogP contribution in [0.4, 0.5) is 0 Å². The van der Waals surface area contributed by atoms with Crippen molar-refractivity contribution in [2.45, 2.75) is 0 Å². The number of phenols is 1. The summed E-state index contributed by atoms with van der Waals surface area (Å²) in [6.07, 6.45) is 1.20. The van der Waals surface area contributed by atoms with E-state index in [1.165, 1.54) is 30.6 Å². The number of rotatable bonds is 2. The Hall–Kier alpha value is -2.01. The molecule has 0 aliphatic rings. The molecule has 0 aliphatic carbocycles. The lowest BCUT2D eigenvalue weighted by Gasteiger charge is -2.04. The fourth-order valence-corrected chi connectivity index (χ4v) is 1.21. The van der Waals surface area contributed by atoms with Crippen molar-refractivity contribution in [3.05, 3.63) is 46.0 Å². The topological polar surface area (TPSA) is 75.2 Å². The zero-order valence-corrected chi connectivity index (χ0v) is 8.73. The number of nitrogens with zero attached hydrogens (tertiary/aromatic N) is 1. The number of hydrogen-bond acceptors (Lipinski definition) is 4. The first-order valence-corrected chi connectivity index (χ1v) is 4.74. The van der Waals surface area contributed by atoms with E-state index >= 15 is 0 Å². The summed E-state index contributed by atoms with van der Waals surface area (Å²) in [6, 6.07) is 5.98. The number of H-pyrrole nitrogens is 1. The molecule has 0 saturated heterocycles. The van der Waals surface area contributed by atoms with Gasteiger partial charge in [0.15, 0.2) is 5.02 Å². The Labute approximate surface area is 95.3 Å². The maximum Gasteiger partial charge on any atom is 0.273 e. The van der Waals surface area contributed by atoms with E-state index in [1.54, 1.807) is 0 Å². The van der Waals surface area contributed by atoms with Gasteiger partial charge in [0, 0.05) is 0 Å². The van der Waals surface area contributed by atoms with Crippen LogP contribution in [0.1, 0.15) is 0 Å². The summed E-state index contributed by atoms with van der Waals surface area (Å²) < 4.78 is 5.27. The average molecular weight is 239 g/mol. The van der Waals surface area contributed by atoms with Crippen LogP contribution in [0.15, 0.2) is 35.4 Å². The minimum absolute atomic E-state index is 0.0242. The lowest BCUT2D eigenvalue weighted by Crippen LogP contribution is -2.07. The van der Waals surface area contributed by atoms with E-state index in [9.17, 15) is 4.79 Å². The number of benzene rings is 1. The zero-order valence-electron chi connectivity index (χ0n) is 7.98. The van der Waals surface area contributed by atoms with E-state index in [1.807, 2.05) is 0 Å². The van der Waals surface area contributed by atoms with Gasteiger partial charge in [0.1, 0.15) is 11.5 Å². The second-order valence-corrected chi connectivity index (χ2v) is 3.32. The standard InChI is InChI=1S/C10H7ClN2O3/c11-8-9(15)12-5-13-10(8)16-7-3-1-6(14)2-4-7/h1-5,14H,(H,12,13,15). The molecule has 2 N–H and O–H groups in total. The van der Waals surface area contributed by atoms with Crippen molar-refractivity contribution in [1.29, 1.82) is 0 Å². The number of aromatic amines is 1. The Morgan fingerprint density at radius 2 is 2.00 bits per heavy atom. The Morgan fingerprint density at radius 1 is 1.31 bits per heavy atom. The van der Waals surface area contributed by atoms with Crippen molar-refractivity contribution >= 4 is 11.6 Å². The maximum absolute atomic E-state index is 11.1. The fraction of sp³-hybridized carbons (Fsp3) is 0. The predicted octanol–water partition coefficient (Wildman–Crippen LogP) is 1.92. The number of aromatic hydroxyl groups is 1. The van der Waals surface area contributed by atoms with Crippen LogP contribution in [0.2, 0.25) is 5.02 Å². The van der Waals surface area contributed by atoms with Crippen molar-refractivity contribution in [2.24, 2.45) is 0 Å². The molecule has 16 heavy (non-hydrogen) atoms. The molecule has 2 aromatic rings. The van der Waals surface area contributed by atoms with Gasteiger partial charge in [-0.3, -0.25) is 4.79 Å². The molecule has 0 bridgehead atoms. The monoisotopic (exact) mass is 238 g/mol. The van der Waals surface area contributed by atoms with Gasteiger partial charge in [-0.1, -0.05) is 11.6 Å². The number of halogens is 1. The number of ether oxygens (including phenoxy) is 1. The lowest BCUT2D eigenvalue weighted by atomic mass is 10.3. The summed E-state index contributed by atoms with van der Waals surface area (Å²) in [5.74, 6) is 0.575. The highest BCUT2D eigenvalue weighted by Crippen LogP contribution is 2.24. The van der Waals surface area contributed by atoms with Crippen LogP contribution in [-0.2, 0) is 0 Å². The SMILES string of the molecule is O=c1[nH]cnc(Oc2ccc(O)cc2)c1Cl. The van der Waals surface area contributed by atoms with Crippen LogP contribution in [0.3, 0.4) is 0 Å². The molecule has 0 fully saturated rings. The van der Waals surface area contributed by atoms with Crippen molar-refractivity contribution in [3.63, 3.8) is 0 Å². The fourth-order valence-electron chi connectivity index (χ4n) is 1.06. The number of aromatic nitrogens is 2. The second-order valence-electron chi connectivity index (χ2n) is 2.95. The predicted molar refractivity (Wildman–Crippen MR) is 58.0 cm³/mol. The Morgan fingerprint density at radius 3 is 2.69 bits per heavy atom. The molecule has 1 aromatic carbocycles. The summed E-state index contributed by atoms with van der Waals surface area (Å²) in [4.78, 5) is 17.2. The third-order valence-corrected chi connectivity index (χ3v) is 2.15. The number of hydrogen-bond donors (Lipinski definition) is 2. The van der Waals surface area contributed by atoms with Gasteiger partial charge in [0.05, 0.1) is 6.33 Å². The lowest BCUT2D eigenvalue weighted by molar-refractivity contribution is 0.452. The molecule has 0 aliphatic heterocycles. The molecule has 0 unspecified atom stereocenters. The molecule has 0 saturated carbocycles. The molecule has 1 aromatic heterocycles. The van der Waals surface area contributed by atoms with E-state index in [0.717, 1.165) is 0 Å².